The number of hydrogen-bond donors (Lipinski definition) is 0. The largest absolute Gasteiger partial charge is 0.454 e. The molecule has 3 heteroatoms. The summed E-state index contributed by atoms with van der Waals surface area (Å²) in [4.78, 5) is 21.9. The highest BCUT2D eigenvalue weighted by molar-refractivity contribution is 6.40. The summed E-state index contributed by atoms with van der Waals surface area (Å²) in [5, 5.41) is 0. The van der Waals surface area contributed by atoms with Crippen molar-refractivity contribution in [1.82, 2.24) is 0 Å². The van der Waals surface area contributed by atoms with Crippen LogP contribution in [-0.4, -0.2) is 17.4 Å². The maximum absolute atomic E-state index is 11.0. The van der Waals surface area contributed by atoms with Crippen molar-refractivity contribution >= 4 is 11.8 Å². The first kappa shape index (κ1) is 10.9. The Morgan fingerprint density at radius 3 is 1.92 bits per heavy atom. The number of rotatable bonds is 2. The van der Waals surface area contributed by atoms with Gasteiger partial charge < -0.3 is 4.74 Å². The summed E-state index contributed by atoms with van der Waals surface area (Å²) in [5.74, 6) is -1.50. The molecule has 0 atom stereocenters. The summed E-state index contributed by atoms with van der Waals surface area (Å²) in [7, 11) is 0. The van der Waals surface area contributed by atoms with Gasteiger partial charge in [-0.2, -0.15) is 0 Å². The van der Waals surface area contributed by atoms with E-state index < -0.39 is 17.4 Å². The molecule has 0 N–H and O–H groups in total. The number of carbonyl (C=O) groups is 2. The number of Topliss-reactive ketones (excluding diaryl/α,β-unsaturated/α-hetero) is 1. The van der Waals surface area contributed by atoms with Crippen LogP contribution in [0.25, 0.3) is 0 Å². The zero-order valence-electron chi connectivity index (χ0n) is 7.93. The lowest BCUT2D eigenvalue weighted by Crippen LogP contribution is -2.29. The van der Waals surface area contributed by atoms with Gasteiger partial charge in [0.05, 0.1) is 0 Å². The van der Waals surface area contributed by atoms with E-state index in [2.05, 4.69) is 6.58 Å². The van der Waals surface area contributed by atoms with E-state index >= 15 is 0 Å². The van der Waals surface area contributed by atoms with Gasteiger partial charge in [-0.25, -0.2) is 4.79 Å². The highest BCUT2D eigenvalue weighted by atomic mass is 16.6. The highest BCUT2D eigenvalue weighted by Gasteiger charge is 2.22. The SMILES string of the molecule is C=C(C)C(=O)C(=O)OC(C)(C)C. The first-order chi connectivity index (χ1) is 5.24. The lowest BCUT2D eigenvalue weighted by Gasteiger charge is -2.18. The van der Waals surface area contributed by atoms with Gasteiger partial charge in [-0.1, -0.05) is 6.58 Å². The molecule has 12 heavy (non-hydrogen) atoms. The zero-order chi connectivity index (χ0) is 9.94. The summed E-state index contributed by atoms with van der Waals surface area (Å²) in [6, 6.07) is 0. The molecule has 0 fully saturated rings. The van der Waals surface area contributed by atoms with Gasteiger partial charge in [-0.15, -0.1) is 0 Å². The van der Waals surface area contributed by atoms with Crippen molar-refractivity contribution in [1.29, 1.82) is 0 Å². The van der Waals surface area contributed by atoms with Crippen molar-refractivity contribution < 1.29 is 14.3 Å². The van der Waals surface area contributed by atoms with E-state index in [1.54, 1.807) is 20.8 Å². The van der Waals surface area contributed by atoms with Crippen LogP contribution in [0.3, 0.4) is 0 Å². The summed E-state index contributed by atoms with van der Waals surface area (Å²) in [5.41, 5.74) is -0.424. The molecule has 0 aliphatic rings. The molecule has 0 aromatic rings. The van der Waals surface area contributed by atoms with E-state index in [4.69, 9.17) is 4.74 Å². The van der Waals surface area contributed by atoms with E-state index in [1.165, 1.54) is 6.92 Å². The first-order valence-corrected chi connectivity index (χ1v) is 3.67. The number of esters is 1. The zero-order valence-corrected chi connectivity index (χ0v) is 7.93. The predicted molar refractivity (Wildman–Crippen MR) is 45.7 cm³/mol. The Balaban J connectivity index is 4.25. The van der Waals surface area contributed by atoms with Gasteiger partial charge >= 0.3 is 5.97 Å². The lowest BCUT2D eigenvalue weighted by molar-refractivity contribution is -0.160. The summed E-state index contributed by atoms with van der Waals surface area (Å²) in [6.45, 7) is 9.95. The second-order valence-electron chi connectivity index (χ2n) is 3.61. The second kappa shape index (κ2) is 3.52. The second-order valence-corrected chi connectivity index (χ2v) is 3.61. The van der Waals surface area contributed by atoms with Crippen LogP contribution in [0.2, 0.25) is 0 Å². The van der Waals surface area contributed by atoms with Crippen LogP contribution in [0.4, 0.5) is 0 Å². The van der Waals surface area contributed by atoms with Crippen LogP contribution in [0, 0.1) is 0 Å². The van der Waals surface area contributed by atoms with E-state index in [-0.39, 0.29) is 5.57 Å². The fourth-order valence-electron chi connectivity index (χ4n) is 0.499. The fraction of sp³-hybridized carbons (Fsp3) is 0.556. The molecular weight excluding hydrogens is 156 g/mol. The first-order valence-electron chi connectivity index (χ1n) is 3.67. The predicted octanol–water partition coefficient (Wildman–Crippen LogP) is 1.47. The minimum absolute atomic E-state index is 0.198. The molecule has 0 unspecified atom stereocenters. The van der Waals surface area contributed by atoms with E-state index in [0.29, 0.717) is 0 Å². The van der Waals surface area contributed by atoms with Crippen molar-refractivity contribution in [2.24, 2.45) is 0 Å². The Morgan fingerprint density at radius 2 is 1.67 bits per heavy atom. The van der Waals surface area contributed by atoms with Crippen LogP contribution in [0.15, 0.2) is 12.2 Å². The van der Waals surface area contributed by atoms with Gasteiger partial charge in [0.25, 0.3) is 5.78 Å². The molecular formula is C9H14O3. The van der Waals surface area contributed by atoms with Crippen molar-refractivity contribution in [2.75, 3.05) is 0 Å². The molecule has 0 aliphatic carbocycles. The standard InChI is InChI=1S/C9H14O3/c1-6(2)7(10)8(11)12-9(3,4)5/h1H2,2-5H3. The Bertz CT molecular complexity index is 220. The van der Waals surface area contributed by atoms with Gasteiger partial charge in [-0.3, -0.25) is 4.79 Å². The third kappa shape index (κ3) is 3.91. The van der Waals surface area contributed by atoms with Crippen LogP contribution in [-0.2, 0) is 14.3 Å². The molecule has 0 saturated carbocycles. The van der Waals surface area contributed by atoms with E-state index in [1.807, 2.05) is 0 Å². The average molecular weight is 170 g/mol. The third-order valence-corrected chi connectivity index (χ3v) is 0.972. The minimum Gasteiger partial charge on any atom is -0.454 e. The van der Waals surface area contributed by atoms with Crippen LogP contribution in [0.5, 0.6) is 0 Å². The molecule has 0 aromatic carbocycles. The smallest absolute Gasteiger partial charge is 0.379 e. The Kier molecular flexibility index (Phi) is 3.19. The lowest BCUT2D eigenvalue weighted by atomic mass is 10.2. The molecule has 0 aliphatic heterocycles. The summed E-state index contributed by atoms with van der Waals surface area (Å²) >= 11 is 0. The quantitative estimate of drug-likeness (QED) is 0.358. The fourth-order valence-corrected chi connectivity index (χ4v) is 0.499. The molecule has 0 rings (SSSR count). The molecule has 0 amide bonds. The maximum Gasteiger partial charge on any atom is 0.379 e. The maximum atomic E-state index is 11.0. The highest BCUT2D eigenvalue weighted by Crippen LogP contribution is 2.08. The summed E-state index contributed by atoms with van der Waals surface area (Å²) in [6.07, 6.45) is 0. The van der Waals surface area contributed by atoms with Crippen LogP contribution >= 0.6 is 0 Å². The van der Waals surface area contributed by atoms with Crippen LogP contribution in [0.1, 0.15) is 27.7 Å². The van der Waals surface area contributed by atoms with Crippen LogP contribution < -0.4 is 0 Å². The number of hydrogen-bond acceptors (Lipinski definition) is 3. The van der Waals surface area contributed by atoms with Gasteiger partial charge in [0.2, 0.25) is 0 Å². The van der Waals surface area contributed by atoms with Crippen molar-refractivity contribution in [3.63, 3.8) is 0 Å². The van der Waals surface area contributed by atoms with Crippen molar-refractivity contribution in [3.05, 3.63) is 12.2 Å². The number of ketones is 1. The average Bonchev–Trinajstić information content (AvgIpc) is 1.82. The van der Waals surface area contributed by atoms with Gasteiger partial charge in [0.15, 0.2) is 0 Å². The molecule has 0 saturated heterocycles. The minimum atomic E-state index is -0.838. The van der Waals surface area contributed by atoms with E-state index in [9.17, 15) is 9.59 Å². The normalized spacial score (nSPS) is 10.7. The number of carbonyl (C=O) groups excluding carboxylic acids is 2. The molecule has 0 bridgehead atoms. The van der Waals surface area contributed by atoms with Gasteiger partial charge in [0, 0.05) is 0 Å². The number of ether oxygens (including phenoxy) is 1. The molecule has 68 valence electrons. The Morgan fingerprint density at radius 1 is 1.25 bits per heavy atom. The molecule has 0 aromatic heterocycles. The van der Waals surface area contributed by atoms with Gasteiger partial charge in [-0.05, 0) is 33.3 Å². The van der Waals surface area contributed by atoms with Crippen molar-refractivity contribution in [2.45, 2.75) is 33.3 Å². The van der Waals surface area contributed by atoms with Crippen molar-refractivity contribution in [3.8, 4) is 0 Å². The topological polar surface area (TPSA) is 43.4 Å². The monoisotopic (exact) mass is 170 g/mol. The Hall–Kier alpha value is -1.12. The summed E-state index contributed by atoms with van der Waals surface area (Å²) < 4.78 is 4.81. The molecule has 0 heterocycles. The third-order valence-electron chi connectivity index (χ3n) is 0.972. The Labute approximate surface area is 72.4 Å². The van der Waals surface area contributed by atoms with E-state index in [0.717, 1.165) is 0 Å². The molecule has 0 spiro atoms. The molecule has 3 nitrogen and oxygen atoms in total. The molecule has 0 radical (unpaired) electrons. The van der Waals surface area contributed by atoms with Gasteiger partial charge in [0.1, 0.15) is 5.60 Å².